The first-order valence-electron chi connectivity index (χ1n) is 7.66. The van der Waals surface area contributed by atoms with E-state index in [9.17, 15) is 9.18 Å². The fourth-order valence-electron chi connectivity index (χ4n) is 2.78. The highest BCUT2D eigenvalue weighted by Crippen LogP contribution is 2.35. The molecule has 0 unspecified atom stereocenters. The van der Waals surface area contributed by atoms with Crippen LogP contribution in [-0.4, -0.2) is 16.0 Å². The molecule has 0 atom stereocenters. The maximum Gasteiger partial charge on any atom is 0.276 e. The Bertz CT molecular complexity index is 870. The van der Waals surface area contributed by atoms with E-state index >= 15 is 0 Å². The third kappa shape index (κ3) is 2.98. The molecule has 0 saturated carbocycles. The molecule has 1 aromatic carbocycles. The summed E-state index contributed by atoms with van der Waals surface area (Å²) in [5.41, 5.74) is 0.745. The zero-order chi connectivity index (χ0) is 17.4. The monoisotopic (exact) mass is 370 g/mol. The lowest BCUT2D eigenvalue weighted by molar-refractivity contribution is 0.352. The maximum absolute atomic E-state index is 14.5. The van der Waals surface area contributed by atoms with Crippen LogP contribution in [0.25, 0.3) is 11.1 Å². The van der Waals surface area contributed by atoms with Gasteiger partial charge in [0.25, 0.3) is 5.56 Å². The fourth-order valence-corrected chi connectivity index (χ4v) is 3.35. The van der Waals surface area contributed by atoms with Gasteiger partial charge in [-0.25, -0.2) is 9.07 Å². The Morgan fingerprint density at radius 1 is 1.29 bits per heavy atom. The van der Waals surface area contributed by atoms with E-state index < -0.39 is 5.82 Å². The topological polar surface area (TPSA) is 36.2 Å². The SMILES string of the molecule is C=C(C)COc1cc(-c2c(Cl)n3n(c2=O)CCCC3)c(F)cc1Cl. The second kappa shape index (κ2) is 6.65. The third-order valence-corrected chi connectivity index (χ3v) is 4.61. The van der Waals surface area contributed by atoms with Crippen LogP contribution >= 0.6 is 23.2 Å². The normalized spacial score (nSPS) is 13.7. The van der Waals surface area contributed by atoms with E-state index in [0.717, 1.165) is 24.5 Å². The van der Waals surface area contributed by atoms with E-state index in [1.54, 1.807) is 9.36 Å². The molecule has 0 aliphatic carbocycles. The van der Waals surface area contributed by atoms with Gasteiger partial charge in [0.15, 0.2) is 0 Å². The highest BCUT2D eigenvalue weighted by Gasteiger charge is 2.25. The molecular formula is C17H17Cl2FN2O2. The fraction of sp³-hybridized carbons (Fsp3) is 0.353. The minimum Gasteiger partial charge on any atom is -0.488 e. The van der Waals surface area contributed by atoms with Gasteiger partial charge in [-0.05, 0) is 37.5 Å². The Hall–Kier alpha value is -1.72. The molecule has 2 aromatic rings. The van der Waals surface area contributed by atoms with Gasteiger partial charge in [-0.15, -0.1) is 0 Å². The first-order chi connectivity index (χ1) is 11.4. The Morgan fingerprint density at radius 3 is 2.58 bits per heavy atom. The number of nitrogens with zero attached hydrogens (tertiary/aromatic N) is 2. The summed E-state index contributed by atoms with van der Waals surface area (Å²) in [4.78, 5) is 12.7. The van der Waals surface area contributed by atoms with E-state index in [4.69, 9.17) is 27.9 Å². The van der Waals surface area contributed by atoms with Gasteiger partial charge in [0.05, 0.1) is 10.6 Å². The van der Waals surface area contributed by atoms with Crippen LogP contribution < -0.4 is 10.3 Å². The number of hydrogen-bond acceptors (Lipinski definition) is 2. The number of benzene rings is 1. The summed E-state index contributed by atoms with van der Waals surface area (Å²) >= 11 is 12.4. The molecule has 2 heterocycles. The molecule has 0 bridgehead atoms. The van der Waals surface area contributed by atoms with Crippen molar-refractivity contribution in [2.45, 2.75) is 32.9 Å². The van der Waals surface area contributed by atoms with Crippen molar-refractivity contribution in [3.63, 3.8) is 0 Å². The van der Waals surface area contributed by atoms with Crippen molar-refractivity contribution in [1.29, 1.82) is 0 Å². The van der Waals surface area contributed by atoms with Crippen LogP contribution in [0.3, 0.4) is 0 Å². The molecule has 0 N–H and O–H groups in total. The molecule has 0 spiro atoms. The Morgan fingerprint density at radius 2 is 1.96 bits per heavy atom. The van der Waals surface area contributed by atoms with Crippen LogP contribution in [-0.2, 0) is 13.1 Å². The van der Waals surface area contributed by atoms with Crippen molar-refractivity contribution in [3.8, 4) is 16.9 Å². The van der Waals surface area contributed by atoms with Gasteiger partial charge < -0.3 is 4.74 Å². The predicted octanol–water partition coefficient (Wildman–Crippen LogP) is 4.51. The maximum atomic E-state index is 14.5. The Kier molecular flexibility index (Phi) is 4.74. The largest absolute Gasteiger partial charge is 0.488 e. The molecule has 0 amide bonds. The number of aromatic nitrogens is 2. The summed E-state index contributed by atoms with van der Waals surface area (Å²) in [6, 6.07) is 2.57. The van der Waals surface area contributed by atoms with Gasteiger partial charge in [-0.2, -0.15) is 0 Å². The van der Waals surface area contributed by atoms with Crippen molar-refractivity contribution >= 4 is 23.2 Å². The number of halogens is 3. The molecule has 24 heavy (non-hydrogen) atoms. The minimum absolute atomic E-state index is 0.0977. The molecular weight excluding hydrogens is 354 g/mol. The van der Waals surface area contributed by atoms with Crippen molar-refractivity contribution in [2.24, 2.45) is 0 Å². The van der Waals surface area contributed by atoms with Crippen molar-refractivity contribution < 1.29 is 9.13 Å². The average Bonchev–Trinajstić information content (AvgIpc) is 2.79. The molecule has 1 aromatic heterocycles. The number of rotatable bonds is 4. The molecule has 128 valence electrons. The van der Waals surface area contributed by atoms with E-state index in [-0.39, 0.29) is 33.5 Å². The lowest BCUT2D eigenvalue weighted by Gasteiger charge is -2.17. The van der Waals surface area contributed by atoms with Crippen LogP contribution in [0.5, 0.6) is 5.75 Å². The van der Waals surface area contributed by atoms with Crippen molar-refractivity contribution in [2.75, 3.05) is 6.61 Å². The summed E-state index contributed by atoms with van der Waals surface area (Å²) in [7, 11) is 0. The second-order valence-electron chi connectivity index (χ2n) is 5.93. The summed E-state index contributed by atoms with van der Waals surface area (Å²) in [6.07, 6.45) is 1.83. The minimum atomic E-state index is -0.606. The molecule has 0 fully saturated rings. The van der Waals surface area contributed by atoms with Crippen LogP contribution in [0.15, 0.2) is 29.1 Å². The van der Waals surface area contributed by atoms with Crippen LogP contribution in [0.2, 0.25) is 10.2 Å². The van der Waals surface area contributed by atoms with E-state index in [0.29, 0.717) is 18.8 Å². The summed E-state index contributed by atoms with van der Waals surface area (Å²) in [6.45, 7) is 7.03. The molecule has 3 rings (SSSR count). The first kappa shape index (κ1) is 17.1. The van der Waals surface area contributed by atoms with Gasteiger partial charge >= 0.3 is 0 Å². The summed E-state index contributed by atoms with van der Waals surface area (Å²) < 4.78 is 23.3. The van der Waals surface area contributed by atoms with Crippen LogP contribution in [0, 0.1) is 5.82 Å². The molecule has 1 aliphatic rings. The van der Waals surface area contributed by atoms with E-state index in [2.05, 4.69) is 6.58 Å². The lowest BCUT2D eigenvalue weighted by atomic mass is 10.1. The predicted molar refractivity (Wildman–Crippen MR) is 93.6 cm³/mol. The van der Waals surface area contributed by atoms with Gasteiger partial charge in [-0.3, -0.25) is 9.48 Å². The van der Waals surface area contributed by atoms with Gasteiger partial charge in [0, 0.05) is 18.7 Å². The zero-order valence-electron chi connectivity index (χ0n) is 13.2. The molecule has 7 heteroatoms. The van der Waals surface area contributed by atoms with Crippen LogP contribution in [0.1, 0.15) is 19.8 Å². The van der Waals surface area contributed by atoms with Gasteiger partial charge in [-0.1, -0.05) is 29.8 Å². The highest BCUT2D eigenvalue weighted by atomic mass is 35.5. The van der Waals surface area contributed by atoms with Crippen LogP contribution in [0.4, 0.5) is 4.39 Å². The average molecular weight is 371 g/mol. The number of ether oxygens (including phenoxy) is 1. The highest BCUT2D eigenvalue weighted by molar-refractivity contribution is 6.33. The zero-order valence-corrected chi connectivity index (χ0v) is 14.8. The number of fused-ring (bicyclic) bond motifs is 1. The first-order valence-corrected chi connectivity index (χ1v) is 8.41. The Balaban J connectivity index is 2.13. The smallest absolute Gasteiger partial charge is 0.276 e. The second-order valence-corrected chi connectivity index (χ2v) is 6.70. The standard InChI is InChI=1S/C17H17Cl2FN2O2/c1-10(2)9-24-14-7-11(13(20)8-12(14)18)15-16(19)21-5-3-4-6-22(21)17(15)23/h7-8H,1,3-6,9H2,2H3. The molecule has 0 radical (unpaired) electrons. The summed E-state index contributed by atoms with van der Waals surface area (Å²) in [5.74, 6) is -0.314. The quantitative estimate of drug-likeness (QED) is 0.742. The van der Waals surface area contributed by atoms with E-state index in [1.165, 1.54) is 6.07 Å². The van der Waals surface area contributed by atoms with Gasteiger partial charge in [0.2, 0.25) is 0 Å². The third-order valence-electron chi connectivity index (χ3n) is 3.93. The lowest BCUT2D eigenvalue weighted by Crippen LogP contribution is -2.27. The number of hydrogen-bond donors (Lipinski definition) is 0. The van der Waals surface area contributed by atoms with Gasteiger partial charge in [0.1, 0.15) is 23.3 Å². The molecule has 4 nitrogen and oxygen atoms in total. The van der Waals surface area contributed by atoms with E-state index in [1.807, 2.05) is 6.92 Å². The summed E-state index contributed by atoms with van der Waals surface area (Å²) in [5, 5.41) is 0.379. The molecule has 1 aliphatic heterocycles. The van der Waals surface area contributed by atoms with Crippen molar-refractivity contribution in [3.05, 3.63) is 50.6 Å². The Labute approximate surface area is 149 Å². The van der Waals surface area contributed by atoms with Crippen molar-refractivity contribution in [1.82, 2.24) is 9.36 Å². The molecule has 0 saturated heterocycles.